The first-order chi connectivity index (χ1) is 17.6. The highest BCUT2D eigenvalue weighted by atomic mass is 31.2. The molecule has 0 saturated carbocycles. The smallest absolute Gasteiger partial charge is 0.327 e. The van der Waals surface area contributed by atoms with Gasteiger partial charge in [0.25, 0.3) is 0 Å². The maximum absolute atomic E-state index is 10.6. The van der Waals surface area contributed by atoms with E-state index in [9.17, 15) is 14.8 Å². The number of nitrogens with zero attached hydrogens (tertiary/aromatic N) is 8. The van der Waals surface area contributed by atoms with Crippen molar-refractivity contribution in [1.82, 2.24) is 39.0 Å². The largest absolute Gasteiger partial charge is 0.394 e. The second-order valence-electron chi connectivity index (χ2n) is 7.88. The van der Waals surface area contributed by atoms with E-state index in [2.05, 4.69) is 29.9 Å². The molecule has 4 aromatic heterocycles. The normalized spacial score (nSPS) is 21.9. The Morgan fingerprint density at radius 2 is 1.57 bits per heavy atom. The summed E-state index contributed by atoms with van der Waals surface area (Å²) >= 11 is 0. The van der Waals surface area contributed by atoms with Crippen molar-refractivity contribution in [2.24, 2.45) is 0 Å². The molecule has 4 aromatic rings. The van der Waals surface area contributed by atoms with Crippen LogP contribution in [0.15, 0.2) is 25.3 Å². The van der Waals surface area contributed by atoms with E-state index < -0.39 is 38.7 Å². The summed E-state index contributed by atoms with van der Waals surface area (Å²) in [4.78, 5) is 41.0. The van der Waals surface area contributed by atoms with Crippen LogP contribution in [-0.4, -0.2) is 102 Å². The van der Waals surface area contributed by atoms with Crippen LogP contribution in [0, 0.1) is 0 Å². The Hall–Kier alpha value is -3.35. The van der Waals surface area contributed by atoms with Crippen LogP contribution in [0.5, 0.6) is 0 Å². The number of nitrogen functional groups attached to an aromatic ring is 2. The molecule has 5 heterocycles. The molecule has 1 saturated heterocycles. The molecule has 0 amide bonds. The highest BCUT2D eigenvalue weighted by molar-refractivity contribution is 7.51. The molecular weight excluding hydrogens is 515 g/mol. The van der Waals surface area contributed by atoms with E-state index in [0.29, 0.717) is 22.3 Å². The van der Waals surface area contributed by atoms with Gasteiger partial charge in [0, 0.05) is 0 Å². The topological polar surface area (TPSA) is 276 Å². The summed E-state index contributed by atoms with van der Waals surface area (Å²) in [7, 11) is -4.02. The molecule has 19 heteroatoms. The van der Waals surface area contributed by atoms with Gasteiger partial charge in [-0.2, -0.15) is 0 Å². The summed E-state index contributed by atoms with van der Waals surface area (Å²) < 4.78 is 24.2. The lowest BCUT2D eigenvalue weighted by Crippen LogP contribution is -2.33. The molecule has 0 spiro atoms. The van der Waals surface area contributed by atoms with Gasteiger partial charge in [-0.05, 0) is 0 Å². The van der Waals surface area contributed by atoms with Gasteiger partial charge >= 0.3 is 7.60 Å². The third kappa shape index (κ3) is 5.81. The number of hydrogen-bond acceptors (Lipinski definition) is 14. The van der Waals surface area contributed by atoms with E-state index in [4.69, 9.17) is 35.8 Å². The predicted molar refractivity (Wildman–Crippen MR) is 125 cm³/mol. The zero-order valence-electron chi connectivity index (χ0n) is 19.1. The number of aliphatic hydroxyl groups is 3. The van der Waals surface area contributed by atoms with Crippen LogP contribution in [0.2, 0.25) is 0 Å². The van der Waals surface area contributed by atoms with Crippen LogP contribution in [-0.2, 0) is 20.8 Å². The van der Waals surface area contributed by atoms with Crippen molar-refractivity contribution < 1.29 is 39.1 Å². The number of imidazole rings is 2. The molecule has 5 rings (SSSR count). The highest BCUT2D eigenvalue weighted by Gasteiger charge is 2.44. The van der Waals surface area contributed by atoms with Gasteiger partial charge in [0.2, 0.25) is 0 Å². The number of anilines is 2. The van der Waals surface area contributed by atoms with Gasteiger partial charge < -0.3 is 46.0 Å². The lowest BCUT2D eigenvalue weighted by Gasteiger charge is -2.16. The molecule has 9 N–H and O–H groups in total. The lowest BCUT2D eigenvalue weighted by molar-refractivity contribution is -0.0511. The standard InChI is InChI=1S/C10H13N5O4.C8H12N5O4P/c11-8-5-9(13-2-12-8)15(3-14-5)10-7(18)6(17)4(1-16)19-10;9-7-6-8(11-3-10-7)13(4-12-6)5-17-1-2-18(14,15)16/h2-4,6-7,10,16-18H,1H2,(H2,11,12,13);3-4H,1-2,5H2,(H2,9,10,11)(H2,14,15,16)/t4-,6-,7+,10-;/m1./s1. The second kappa shape index (κ2) is 11.0. The average Bonchev–Trinajstić information content (AvgIpc) is 3.54. The summed E-state index contributed by atoms with van der Waals surface area (Å²) in [6, 6.07) is 0. The first kappa shape index (κ1) is 26.7. The minimum atomic E-state index is -4.02. The van der Waals surface area contributed by atoms with Gasteiger partial charge in [0.1, 0.15) is 48.7 Å². The third-order valence-electron chi connectivity index (χ3n) is 5.37. The molecule has 1 aliphatic rings. The van der Waals surface area contributed by atoms with E-state index in [1.54, 1.807) is 4.57 Å². The molecule has 0 radical (unpaired) electrons. The van der Waals surface area contributed by atoms with E-state index >= 15 is 0 Å². The minimum Gasteiger partial charge on any atom is -0.394 e. The van der Waals surface area contributed by atoms with Crippen LogP contribution in [0.3, 0.4) is 0 Å². The summed E-state index contributed by atoms with van der Waals surface area (Å²) in [5.74, 6) is 0.490. The SMILES string of the molecule is Nc1ncnc2c1ncn2COCCP(=O)(O)O.Nc1ncnc2c1ncn2[C@@H]1O[C@H](CO)[C@@H](O)[C@@H]1O. The third-order valence-corrected chi connectivity index (χ3v) is 6.13. The number of fused-ring (bicyclic) bond motifs is 2. The summed E-state index contributed by atoms with van der Waals surface area (Å²) in [5, 5.41) is 28.7. The van der Waals surface area contributed by atoms with Gasteiger partial charge in [-0.1, -0.05) is 0 Å². The van der Waals surface area contributed by atoms with Crippen molar-refractivity contribution in [3.8, 4) is 0 Å². The molecule has 0 aliphatic carbocycles. The Labute approximate surface area is 207 Å². The van der Waals surface area contributed by atoms with Crippen molar-refractivity contribution in [3.63, 3.8) is 0 Å². The van der Waals surface area contributed by atoms with Gasteiger partial charge in [0.05, 0.1) is 32.0 Å². The summed E-state index contributed by atoms with van der Waals surface area (Å²) in [6.45, 7) is -0.351. The van der Waals surface area contributed by atoms with Crippen LogP contribution < -0.4 is 11.5 Å². The van der Waals surface area contributed by atoms with Crippen molar-refractivity contribution in [2.45, 2.75) is 31.3 Å². The quantitative estimate of drug-likeness (QED) is 0.0948. The number of aliphatic hydroxyl groups excluding tert-OH is 3. The van der Waals surface area contributed by atoms with Gasteiger partial charge in [-0.25, -0.2) is 29.9 Å². The zero-order chi connectivity index (χ0) is 26.7. The Bertz CT molecular complexity index is 1410. The highest BCUT2D eigenvalue weighted by Crippen LogP contribution is 2.33. The van der Waals surface area contributed by atoms with Crippen molar-refractivity contribution in [3.05, 3.63) is 25.3 Å². The molecule has 1 aliphatic heterocycles. The molecule has 4 atom stereocenters. The maximum atomic E-state index is 10.6. The molecule has 200 valence electrons. The number of nitrogens with two attached hydrogens (primary N) is 2. The number of hydrogen-bond donors (Lipinski definition) is 7. The molecule has 0 bridgehead atoms. The monoisotopic (exact) mass is 540 g/mol. The first-order valence-corrected chi connectivity index (χ1v) is 12.5. The van der Waals surface area contributed by atoms with E-state index in [-0.39, 0.29) is 31.1 Å². The molecular formula is C18H25N10O8P. The second-order valence-corrected chi connectivity index (χ2v) is 9.66. The van der Waals surface area contributed by atoms with Crippen LogP contribution in [0.1, 0.15) is 6.23 Å². The zero-order valence-corrected chi connectivity index (χ0v) is 20.0. The van der Waals surface area contributed by atoms with Crippen molar-refractivity contribution in [2.75, 3.05) is 30.8 Å². The molecule has 0 aromatic carbocycles. The van der Waals surface area contributed by atoms with Crippen LogP contribution in [0.25, 0.3) is 22.3 Å². The maximum Gasteiger partial charge on any atom is 0.327 e. The fourth-order valence-electron chi connectivity index (χ4n) is 3.51. The van der Waals surface area contributed by atoms with E-state index in [1.807, 2.05) is 0 Å². The number of rotatable bonds is 7. The summed E-state index contributed by atoms with van der Waals surface area (Å²) in [5.41, 5.74) is 13.0. The summed E-state index contributed by atoms with van der Waals surface area (Å²) in [6.07, 6.45) is 1.04. The minimum absolute atomic E-state index is 0.0511. The molecule has 37 heavy (non-hydrogen) atoms. The fraction of sp³-hybridized carbons (Fsp3) is 0.444. The fourth-order valence-corrected chi connectivity index (χ4v) is 3.87. The van der Waals surface area contributed by atoms with Crippen molar-refractivity contribution >= 4 is 41.6 Å². The average molecular weight is 540 g/mol. The molecule has 1 fully saturated rings. The predicted octanol–water partition coefficient (Wildman–Crippen LogP) is -2.42. The first-order valence-electron chi connectivity index (χ1n) is 10.7. The van der Waals surface area contributed by atoms with Crippen LogP contribution in [0.4, 0.5) is 11.6 Å². The Morgan fingerprint density at radius 3 is 2.19 bits per heavy atom. The lowest BCUT2D eigenvalue weighted by atomic mass is 10.1. The van der Waals surface area contributed by atoms with E-state index in [1.165, 1.54) is 29.9 Å². The van der Waals surface area contributed by atoms with E-state index in [0.717, 1.165) is 0 Å². The Kier molecular flexibility index (Phi) is 7.90. The Balaban J connectivity index is 0.000000173. The molecule has 18 nitrogen and oxygen atoms in total. The van der Waals surface area contributed by atoms with Gasteiger partial charge in [-0.15, -0.1) is 0 Å². The molecule has 0 unspecified atom stereocenters. The van der Waals surface area contributed by atoms with Crippen molar-refractivity contribution in [1.29, 1.82) is 0 Å². The number of ether oxygens (including phenoxy) is 2. The van der Waals surface area contributed by atoms with Gasteiger partial charge in [-0.3, -0.25) is 13.7 Å². The van der Waals surface area contributed by atoms with Gasteiger partial charge in [0.15, 0.2) is 29.2 Å². The number of aromatic nitrogens is 8. The van der Waals surface area contributed by atoms with Crippen LogP contribution >= 0.6 is 7.60 Å². The Morgan fingerprint density at radius 1 is 0.946 bits per heavy atom.